The summed E-state index contributed by atoms with van der Waals surface area (Å²) in [5.41, 5.74) is -0.0832. The van der Waals surface area contributed by atoms with Crippen molar-refractivity contribution in [2.45, 2.75) is 32.8 Å². The molecule has 4 N–H and O–H groups in total. The van der Waals surface area contributed by atoms with Gasteiger partial charge in [-0.25, -0.2) is 4.98 Å². The highest BCUT2D eigenvalue weighted by atomic mass is 127. The molecule has 2 rings (SSSR count). The molecule has 1 unspecified atom stereocenters. The van der Waals surface area contributed by atoms with Crippen LogP contribution in [0.5, 0.6) is 0 Å². The van der Waals surface area contributed by atoms with Gasteiger partial charge in [-0.3, -0.25) is 14.7 Å². The number of rotatable bonds is 9. The van der Waals surface area contributed by atoms with Crippen LogP contribution < -0.4 is 16.0 Å². The molecule has 1 fully saturated rings. The van der Waals surface area contributed by atoms with Gasteiger partial charge in [0.1, 0.15) is 5.82 Å². The zero-order valence-corrected chi connectivity index (χ0v) is 20.4. The summed E-state index contributed by atoms with van der Waals surface area (Å²) in [6.45, 7) is 10.6. The number of halogens is 1. The van der Waals surface area contributed by atoms with Crippen LogP contribution >= 0.6 is 24.0 Å². The number of pyridine rings is 1. The van der Waals surface area contributed by atoms with E-state index >= 15 is 0 Å². The van der Waals surface area contributed by atoms with Crippen molar-refractivity contribution in [3.05, 3.63) is 23.9 Å². The molecule has 1 amide bonds. The third kappa shape index (κ3) is 10.5. The standard InChI is InChI=1S/C20H34N6O3.HI/c1-4-21-19(23-14-20(3,28)15-26-10-12-29-13-11-26)22-9-8-18(27)25-17-7-5-6-16(2)24-17;/h5-7,28H,4,8-15H2,1-3H3,(H2,21,22,23)(H,24,25,27);1H. The molecule has 0 spiro atoms. The molecular weight excluding hydrogens is 499 g/mol. The zero-order chi connectivity index (χ0) is 21.1. The number of aliphatic hydroxyl groups is 1. The first kappa shape index (κ1) is 26.5. The van der Waals surface area contributed by atoms with E-state index in [2.05, 4.69) is 30.8 Å². The summed E-state index contributed by atoms with van der Waals surface area (Å²) in [5.74, 6) is 1.01. The van der Waals surface area contributed by atoms with E-state index in [1.54, 1.807) is 13.0 Å². The van der Waals surface area contributed by atoms with Crippen molar-refractivity contribution in [1.29, 1.82) is 0 Å². The molecule has 1 saturated heterocycles. The highest BCUT2D eigenvalue weighted by molar-refractivity contribution is 14.0. The minimum Gasteiger partial charge on any atom is -0.387 e. The number of ether oxygens (including phenoxy) is 1. The Morgan fingerprint density at radius 2 is 2.07 bits per heavy atom. The van der Waals surface area contributed by atoms with Gasteiger partial charge in [-0.1, -0.05) is 6.07 Å². The second-order valence-corrected chi connectivity index (χ2v) is 7.47. The summed E-state index contributed by atoms with van der Waals surface area (Å²) < 4.78 is 5.34. The van der Waals surface area contributed by atoms with Gasteiger partial charge < -0.3 is 25.8 Å². The quantitative estimate of drug-likeness (QED) is 0.212. The van der Waals surface area contributed by atoms with Crippen molar-refractivity contribution in [1.82, 2.24) is 20.5 Å². The summed E-state index contributed by atoms with van der Waals surface area (Å²) in [4.78, 5) is 23.0. The molecule has 30 heavy (non-hydrogen) atoms. The smallest absolute Gasteiger partial charge is 0.227 e. The Bertz CT molecular complexity index is 680. The highest BCUT2D eigenvalue weighted by Crippen LogP contribution is 2.09. The Labute approximate surface area is 196 Å². The summed E-state index contributed by atoms with van der Waals surface area (Å²) in [7, 11) is 0. The molecular formula is C20H35IN6O3. The number of guanidine groups is 1. The van der Waals surface area contributed by atoms with Gasteiger partial charge in [0, 0.05) is 44.8 Å². The van der Waals surface area contributed by atoms with Crippen LogP contribution in [0.25, 0.3) is 0 Å². The lowest BCUT2D eigenvalue weighted by molar-refractivity contribution is -0.116. The number of carbonyl (C=O) groups is 1. The summed E-state index contributed by atoms with van der Waals surface area (Å²) in [6, 6.07) is 5.50. The molecule has 10 heteroatoms. The Kier molecular flexibility index (Phi) is 12.1. The number of hydrogen-bond acceptors (Lipinski definition) is 6. The van der Waals surface area contributed by atoms with Crippen molar-refractivity contribution in [3.8, 4) is 0 Å². The number of hydrogen-bond donors (Lipinski definition) is 4. The maximum absolute atomic E-state index is 12.1. The lowest BCUT2D eigenvalue weighted by atomic mass is 10.1. The average molecular weight is 534 g/mol. The maximum Gasteiger partial charge on any atom is 0.227 e. The molecule has 1 atom stereocenters. The molecule has 0 aromatic carbocycles. The summed E-state index contributed by atoms with van der Waals surface area (Å²) >= 11 is 0. The van der Waals surface area contributed by atoms with Crippen LogP contribution in [0.4, 0.5) is 5.82 Å². The molecule has 0 radical (unpaired) electrons. The molecule has 0 bridgehead atoms. The second-order valence-electron chi connectivity index (χ2n) is 7.47. The van der Waals surface area contributed by atoms with Crippen molar-refractivity contribution >= 4 is 41.7 Å². The largest absolute Gasteiger partial charge is 0.387 e. The Balaban J connectivity index is 0.00000450. The normalized spacial score (nSPS) is 16.9. The highest BCUT2D eigenvalue weighted by Gasteiger charge is 2.25. The van der Waals surface area contributed by atoms with Gasteiger partial charge in [-0.05, 0) is 32.9 Å². The van der Waals surface area contributed by atoms with Gasteiger partial charge in [-0.15, -0.1) is 24.0 Å². The number of amides is 1. The fourth-order valence-corrected chi connectivity index (χ4v) is 2.99. The fraction of sp³-hybridized carbons (Fsp3) is 0.650. The van der Waals surface area contributed by atoms with Gasteiger partial charge in [0.2, 0.25) is 5.91 Å². The van der Waals surface area contributed by atoms with Crippen LogP contribution in [-0.4, -0.2) is 84.9 Å². The van der Waals surface area contributed by atoms with Gasteiger partial charge in [-0.2, -0.15) is 0 Å². The first-order chi connectivity index (χ1) is 13.9. The minimum atomic E-state index is -0.937. The van der Waals surface area contributed by atoms with E-state index in [1.165, 1.54) is 0 Å². The first-order valence-corrected chi connectivity index (χ1v) is 10.2. The van der Waals surface area contributed by atoms with Gasteiger partial charge in [0.05, 0.1) is 25.4 Å². The Morgan fingerprint density at radius 1 is 1.33 bits per heavy atom. The van der Waals surface area contributed by atoms with Crippen LogP contribution in [0.15, 0.2) is 23.2 Å². The van der Waals surface area contributed by atoms with E-state index in [9.17, 15) is 9.90 Å². The number of carbonyl (C=O) groups excluding carboxylic acids is 1. The third-order valence-corrected chi connectivity index (χ3v) is 4.39. The molecule has 1 aliphatic heterocycles. The Hall–Kier alpha value is -1.50. The van der Waals surface area contributed by atoms with Crippen LogP contribution in [0, 0.1) is 6.92 Å². The number of β-amino-alcohol motifs (C(OH)–C–C–N with tert-alkyl or cyclic N) is 1. The topological polar surface area (TPSA) is 111 Å². The van der Waals surface area contributed by atoms with Crippen molar-refractivity contribution in [3.63, 3.8) is 0 Å². The number of morpholine rings is 1. The second kappa shape index (κ2) is 13.7. The van der Waals surface area contributed by atoms with Crippen molar-refractivity contribution in [2.75, 3.05) is 57.8 Å². The molecule has 2 heterocycles. The first-order valence-electron chi connectivity index (χ1n) is 10.2. The van der Waals surface area contributed by atoms with Crippen LogP contribution in [0.1, 0.15) is 26.0 Å². The van der Waals surface area contributed by atoms with E-state index < -0.39 is 5.60 Å². The lowest BCUT2D eigenvalue weighted by Gasteiger charge is -2.33. The van der Waals surface area contributed by atoms with E-state index in [4.69, 9.17) is 4.74 Å². The minimum absolute atomic E-state index is 0. The SMILES string of the molecule is CCNC(=NCC(C)(O)CN1CCOCC1)NCCC(=O)Nc1cccc(C)n1.I. The predicted octanol–water partition coefficient (Wildman–Crippen LogP) is 0.975. The van der Waals surface area contributed by atoms with Gasteiger partial charge >= 0.3 is 0 Å². The van der Waals surface area contributed by atoms with E-state index in [0.717, 1.165) is 18.8 Å². The number of aryl methyl sites for hydroxylation is 1. The zero-order valence-electron chi connectivity index (χ0n) is 18.1. The van der Waals surface area contributed by atoms with Crippen LogP contribution in [0.2, 0.25) is 0 Å². The summed E-state index contributed by atoms with van der Waals surface area (Å²) in [6.07, 6.45) is 0.282. The number of aliphatic imine (C=N–C) groups is 1. The van der Waals surface area contributed by atoms with E-state index in [0.29, 0.717) is 44.6 Å². The van der Waals surface area contributed by atoms with Crippen LogP contribution in [0.3, 0.4) is 0 Å². The maximum atomic E-state index is 12.1. The molecule has 0 aliphatic carbocycles. The predicted molar refractivity (Wildman–Crippen MR) is 129 cm³/mol. The lowest BCUT2D eigenvalue weighted by Crippen LogP contribution is -2.48. The third-order valence-electron chi connectivity index (χ3n) is 4.39. The van der Waals surface area contributed by atoms with Gasteiger partial charge in [0.25, 0.3) is 0 Å². The van der Waals surface area contributed by atoms with E-state index in [1.807, 2.05) is 26.0 Å². The monoisotopic (exact) mass is 534 g/mol. The fourth-order valence-electron chi connectivity index (χ4n) is 2.99. The molecule has 9 nitrogen and oxygen atoms in total. The molecule has 1 aromatic rings. The molecule has 1 aromatic heterocycles. The Morgan fingerprint density at radius 3 is 2.73 bits per heavy atom. The number of anilines is 1. The average Bonchev–Trinajstić information content (AvgIpc) is 2.66. The molecule has 170 valence electrons. The number of nitrogens with zero attached hydrogens (tertiary/aromatic N) is 3. The van der Waals surface area contributed by atoms with Crippen LogP contribution in [-0.2, 0) is 9.53 Å². The van der Waals surface area contributed by atoms with Crippen molar-refractivity contribution in [2.24, 2.45) is 4.99 Å². The van der Waals surface area contributed by atoms with Gasteiger partial charge in [0.15, 0.2) is 5.96 Å². The number of nitrogens with one attached hydrogen (secondary N) is 3. The number of aromatic nitrogens is 1. The van der Waals surface area contributed by atoms with Crippen molar-refractivity contribution < 1.29 is 14.6 Å². The molecule has 1 aliphatic rings. The molecule has 0 saturated carbocycles. The summed E-state index contributed by atoms with van der Waals surface area (Å²) in [5, 5.41) is 19.7. The van der Waals surface area contributed by atoms with E-state index in [-0.39, 0.29) is 42.8 Å².